The van der Waals surface area contributed by atoms with Gasteiger partial charge in [0.2, 0.25) is 0 Å². The van der Waals surface area contributed by atoms with E-state index in [1.807, 2.05) is 6.07 Å². The second kappa shape index (κ2) is 5.07. The van der Waals surface area contributed by atoms with Crippen LogP contribution in [-0.4, -0.2) is 29.3 Å². The third-order valence-corrected chi connectivity index (χ3v) is 4.12. The molecule has 2 aliphatic rings. The molecule has 1 aromatic carbocycles. The summed E-state index contributed by atoms with van der Waals surface area (Å²) in [7, 11) is 0. The molecule has 0 amide bonds. The number of hydrogen-bond acceptors (Lipinski definition) is 2. The third-order valence-electron chi connectivity index (χ3n) is 4.12. The van der Waals surface area contributed by atoms with Gasteiger partial charge in [-0.25, -0.2) is 0 Å². The Kier molecular flexibility index (Phi) is 3.28. The molecule has 3 rings (SSSR count). The molecule has 0 N–H and O–H groups in total. The SMILES string of the molecule is O=C1C[C@H]2CC[C@@H](C1)N2C/C=C/c1ccccc1. The van der Waals surface area contributed by atoms with Crippen molar-refractivity contribution in [3.8, 4) is 0 Å². The monoisotopic (exact) mass is 241 g/mol. The molecule has 0 radical (unpaired) electrons. The maximum Gasteiger partial charge on any atom is 0.136 e. The first-order chi connectivity index (χ1) is 8.83. The first-order valence-electron chi connectivity index (χ1n) is 6.82. The average molecular weight is 241 g/mol. The number of carbonyl (C=O) groups excluding carboxylic acids is 1. The van der Waals surface area contributed by atoms with Gasteiger partial charge in [0.05, 0.1) is 0 Å². The molecule has 0 spiro atoms. The van der Waals surface area contributed by atoms with Crippen LogP contribution in [0.4, 0.5) is 0 Å². The molecule has 1 aromatic rings. The first-order valence-corrected chi connectivity index (χ1v) is 6.82. The topological polar surface area (TPSA) is 20.3 Å². The van der Waals surface area contributed by atoms with Crippen LogP contribution < -0.4 is 0 Å². The standard InChI is InChI=1S/C16H19NO/c18-16-11-14-8-9-15(12-16)17(14)10-4-7-13-5-2-1-3-6-13/h1-7,14-15H,8-12H2/b7-4+/t14-,15+. The lowest BCUT2D eigenvalue weighted by Crippen LogP contribution is -2.43. The van der Waals surface area contributed by atoms with E-state index in [0.717, 1.165) is 19.4 Å². The van der Waals surface area contributed by atoms with Gasteiger partial charge in [0, 0.05) is 31.5 Å². The molecule has 18 heavy (non-hydrogen) atoms. The first kappa shape index (κ1) is 11.7. The summed E-state index contributed by atoms with van der Waals surface area (Å²) in [5, 5.41) is 0. The number of nitrogens with zero attached hydrogens (tertiary/aromatic N) is 1. The van der Waals surface area contributed by atoms with Crippen molar-refractivity contribution >= 4 is 11.9 Å². The second-order valence-corrected chi connectivity index (χ2v) is 5.34. The van der Waals surface area contributed by atoms with E-state index in [0.29, 0.717) is 17.9 Å². The summed E-state index contributed by atoms with van der Waals surface area (Å²) in [6.07, 6.45) is 8.36. The van der Waals surface area contributed by atoms with E-state index in [-0.39, 0.29) is 0 Å². The number of hydrogen-bond donors (Lipinski definition) is 0. The summed E-state index contributed by atoms with van der Waals surface area (Å²) in [5.41, 5.74) is 1.25. The van der Waals surface area contributed by atoms with Gasteiger partial charge in [-0.2, -0.15) is 0 Å². The van der Waals surface area contributed by atoms with Gasteiger partial charge in [-0.05, 0) is 18.4 Å². The predicted molar refractivity (Wildman–Crippen MR) is 73.2 cm³/mol. The summed E-state index contributed by atoms with van der Waals surface area (Å²) in [6, 6.07) is 11.4. The minimum absolute atomic E-state index is 0.464. The summed E-state index contributed by atoms with van der Waals surface area (Å²) in [4.78, 5) is 14.0. The number of rotatable bonds is 3. The Morgan fingerprint density at radius 3 is 2.44 bits per heavy atom. The molecular formula is C16H19NO. The molecule has 94 valence electrons. The Morgan fingerprint density at radius 1 is 1.11 bits per heavy atom. The molecule has 2 aliphatic heterocycles. The molecule has 2 saturated heterocycles. The van der Waals surface area contributed by atoms with Crippen LogP contribution in [0.2, 0.25) is 0 Å². The summed E-state index contributed by atoms with van der Waals surface area (Å²) >= 11 is 0. The summed E-state index contributed by atoms with van der Waals surface area (Å²) in [5.74, 6) is 0.464. The van der Waals surface area contributed by atoms with E-state index in [1.165, 1.54) is 18.4 Å². The lowest BCUT2D eigenvalue weighted by atomic mass is 10.0. The number of carbonyl (C=O) groups is 1. The van der Waals surface area contributed by atoms with Crippen LogP contribution in [0.15, 0.2) is 36.4 Å². The van der Waals surface area contributed by atoms with Gasteiger partial charge in [-0.15, -0.1) is 0 Å². The Labute approximate surface area is 108 Å². The Bertz CT molecular complexity index is 435. The fraction of sp³-hybridized carbons (Fsp3) is 0.438. The van der Waals surface area contributed by atoms with Gasteiger partial charge >= 0.3 is 0 Å². The molecule has 2 bridgehead atoms. The molecule has 2 nitrogen and oxygen atoms in total. The van der Waals surface area contributed by atoms with Gasteiger partial charge in [-0.1, -0.05) is 42.5 Å². The average Bonchev–Trinajstić information content (AvgIpc) is 2.63. The van der Waals surface area contributed by atoms with Gasteiger partial charge in [-0.3, -0.25) is 9.69 Å². The fourth-order valence-electron chi connectivity index (χ4n) is 3.23. The number of Topliss-reactive ketones (excluding diaryl/α,β-unsaturated/α-hetero) is 1. The van der Waals surface area contributed by atoms with Gasteiger partial charge in [0.1, 0.15) is 5.78 Å². The summed E-state index contributed by atoms with van der Waals surface area (Å²) < 4.78 is 0. The van der Waals surface area contributed by atoms with Crippen molar-refractivity contribution < 1.29 is 4.79 Å². The van der Waals surface area contributed by atoms with Crippen molar-refractivity contribution in [2.75, 3.05) is 6.54 Å². The molecule has 2 heterocycles. The molecule has 2 heteroatoms. The number of piperidine rings is 1. The Morgan fingerprint density at radius 2 is 1.78 bits per heavy atom. The van der Waals surface area contributed by atoms with Crippen LogP contribution in [0, 0.1) is 0 Å². The smallest absolute Gasteiger partial charge is 0.136 e. The van der Waals surface area contributed by atoms with Crippen molar-refractivity contribution in [3.63, 3.8) is 0 Å². The zero-order valence-electron chi connectivity index (χ0n) is 10.6. The quantitative estimate of drug-likeness (QED) is 0.811. The lowest BCUT2D eigenvalue weighted by molar-refractivity contribution is -0.123. The van der Waals surface area contributed by atoms with Crippen LogP contribution >= 0.6 is 0 Å². The van der Waals surface area contributed by atoms with Gasteiger partial charge in [0.15, 0.2) is 0 Å². The van der Waals surface area contributed by atoms with E-state index in [1.54, 1.807) is 0 Å². The maximum absolute atomic E-state index is 11.5. The number of fused-ring (bicyclic) bond motifs is 2. The van der Waals surface area contributed by atoms with E-state index in [2.05, 4.69) is 41.3 Å². The summed E-state index contributed by atoms with van der Waals surface area (Å²) in [6.45, 7) is 0.984. The zero-order valence-corrected chi connectivity index (χ0v) is 10.6. The number of ketones is 1. The molecular weight excluding hydrogens is 222 g/mol. The lowest BCUT2D eigenvalue weighted by Gasteiger charge is -2.32. The van der Waals surface area contributed by atoms with Crippen LogP contribution in [0.5, 0.6) is 0 Å². The molecule has 0 saturated carbocycles. The van der Waals surface area contributed by atoms with Gasteiger partial charge in [0.25, 0.3) is 0 Å². The molecule has 2 atom stereocenters. The van der Waals surface area contributed by atoms with Crippen LogP contribution in [0.3, 0.4) is 0 Å². The van der Waals surface area contributed by atoms with Gasteiger partial charge < -0.3 is 0 Å². The molecule has 0 unspecified atom stereocenters. The fourth-order valence-corrected chi connectivity index (χ4v) is 3.23. The van der Waals surface area contributed by atoms with Crippen LogP contribution in [0.25, 0.3) is 6.08 Å². The van der Waals surface area contributed by atoms with E-state index in [4.69, 9.17) is 0 Å². The van der Waals surface area contributed by atoms with Crippen molar-refractivity contribution in [2.24, 2.45) is 0 Å². The number of benzene rings is 1. The van der Waals surface area contributed by atoms with Crippen molar-refractivity contribution in [1.29, 1.82) is 0 Å². The normalized spacial score (nSPS) is 28.1. The maximum atomic E-state index is 11.5. The molecule has 0 aromatic heterocycles. The predicted octanol–water partition coefficient (Wildman–Crippen LogP) is 2.90. The minimum Gasteiger partial charge on any atom is -0.300 e. The van der Waals surface area contributed by atoms with E-state index in [9.17, 15) is 4.79 Å². The largest absolute Gasteiger partial charge is 0.300 e. The van der Waals surface area contributed by atoms with Crippen molar-refractivity contribution in [3.05, 3.63) is 42.0 Å². The Hall–Kier alpha value is -1.41. The highest BCUT2D eigenvalue weighted by Gasteiger charge is 2.39. The molecule has 2 fully saturated rings. The minimum atomic E-state index is 0.464. The highest BCUT2D eigenvalue weighted by molar-refractivity contribution is 5.81. The second-order valence-electron chi connectivity index (χ2n) is 5.34. The molecule has 0 aliphatic carbocycles. The highest BCUT2D eigenvalue weighted by atomic mass is 16.1. The van der Waals surface area contributed by atoms with E-state index < -0.39 is 0 Å². The van der Waals surface area contributed by atoms with Crippen molar-refractivity contribution in [2.45, 2.75) is 37.8 Å². The van der Waals surface area contributed by atoms with Crippen LogP contribution in [-0.2, 0) is 4.79 Å². The van der Waals surface area contributed by atoms with Crippen LogP contribution in [0.1, 0.15) is 31.2 Å². The zero-order chi connectivity index (χ0) is 12.4. The van der Waals surface area contributed by atoms with Crippen molar-refractivity contribution in [1.82, 2.24) is 4.90 Å². The Balaban J connectivity index is 1.61. The third kappa shape index (κ3) is 2.39. The highest BCUT2D eigenvalue weighted by Crippen LogP contribution is 2.33. The van der Waals surface area contributed by atoms with E-state index >= 15 is 0 Å².